The molecule has 4 heteroatoms. The zero-order chi connectivity index (χ0) is 10.2. The molecule has 0 saturated carbocycles. The van der Waals surface area contributed by atoms with Crippen molar-refractivity contribution in [3.8, 4) is 5.75 Å². The van der Waals surface area contributed by atoms with Gasteiger partial charge in [0.15, 0.2) is 0 Å². The van der Waals surface area contributed by atoms with Crippen LogP contribution in [0.1, 0.15) is 6.92 Å². The Morgan fingerprint density at radius 1 is 1.43 bits per heavy atom. The second kappa shape index (κ2) is 5.75. The van der Waals surface area contributed by atoms with E-state index in [4.69, 9.17) is 4.74 Å². The van der Waals surface area contributed by atoms with E-state index in [9.17, 15) is 4.79 Å². The molecule has 1 rings (SSSR count). The summed E-state index contributed by atoms with van der Waals surface area (Å²) in [5.74, 6) is 0.0309. The Morgan fingerprint density at radius 2 is 2.14 bits per heavy atom. The molecule has 0 unspecified atom stereocenters. The van der Waals surface area contributed by atoms with Crippen molar-refractivity contribution in [3.63, 3.8) is 0 Å². The highest BCUT2D eigenvalue weighted by atomic mass is 16.6. The molecule has 1 aromatic rings. The van der Waals surface area contributed by atoms with Crippen molar-refractivity contribution < 1.29 is 14.4 Å². The fraction of sp³-hybridized carbons (Fsp3) is 0.200. The third-order valence-electron chi connectivity index (χ3n) is 1.34. The highest BCUT2D eigenvalue weighted by Crippen LogP contribution is 2.08. The first-order valence-electron chi connectivity index (χ1n) is 4.18. The lowest BCUT2D eigenvalue weighted by atomic mass is 10.3. The highest BCUT2D eigenvalue weighted by molar-refractivity contribution is 5.73. The average molecular weight is 193 g/mol. The van der Waals surface area contributed by atoms with E-state index in [1.165, 1.54) is 6.21 Å². The Kier molecular flexibility index (Phi) is 4.20. The lowest BCUT2D eigenvalue weighted by Gasteiger charge is -2.01. The maximum absolute atomic E-state index is 11.1. The van der Waals surface area contributed by atoms with Crippen molar-refractivity contribution >= 4 is 12.2 Å². The van der Waals surface area contributed by atoms with E-state index in [0.717, 1.165) is 0 Å². The molecule has 4 nitrogen and oxygen atoms in total. The number of para-hydroxylation sites is 1. The molecule has 0 aliphatic rings. The van der Waals surface area contributed by atoms with Gasteiger partial charge in [-0.3, -0.25) is 0 Å². The van der Waals surface area contributed by atoms with Gasteiger partial charge >= 0.3 is 5.97 Å². The average Bonchev–Trinajstić information content (AvgIpc) is 2.20. The number of esters is 1. The molecule has 0 amide bonds. The minimum absolute atomic E-state index is 0.181. The van der Waals surface area contributed by atoms with Gasteiger partial charge in [-0.05, 0) is 19.1 Å². The van der Waals surface area contributed by atoms with Gasteiger partial charge in [-0.25, -0.2) is 4.79 Å². The first-order valence-corrected chi connectivity index (χ1v) is 4.18. The van der Waals surface area contributed by atoms with Crippen LogP contribution in [0.3, 0.4) is 0 Å². The number of hydrogen-bond donors (Lipinski definition) is 0. The molecule has 0 atom stereocenters. The Balaban J connectivity index is 2.34. The number of nitrogens with zero attached hydrogens (tertiary/aromatic N) is 1. The number of carbonyl (C=O) groups is 1. The van der Waals surface area contributed by atoms with E-state index >= 15 is 0 Å². The van der Waals surface area contributed by atoms with E-state index in [1.54, 1.807) is 31.2 Å². The third-order valence-corrected chi connectivity index (χ3v) is 1.34. The maximum atomic E-state index is 11.1. The van der Waals surface area contributed by atoms with Crippen LogP contribution < -0.4 is 4.74 Å². The smallest absolute Gasteiger partial charge is 0.352 e. The Hall–Kier alpha value is -1.84. The van der Waals surface area contributed by atoms with Crippen LogP contribution in [-0.2, 0) is 9.63 Å². The standard InChI is InChI=1S/C10H11NO3/c1-2-11-13-8-10(12)14-9-6-4-3-5-7-9/h2-7H,8H2,1H3/b11-2+. The molecule has 0 aliphatic carbocycles. The van der Waals surface area contributed by atoms with E-state index in [2.05, 4.69) is 9.99 Å². The first kappa shape index (κ1) is 10.2. The van der Waals surface area contributed by atoms with Gasteiger partial charge in [0.2, 0.25) is 6.61 Å². The van der Waals surface area contributed by atoms with Crippen molar-refractivity contribution in [2.45, 2.75) is 6.92 Å². The van der Waals surface area contributed by atoms with Gasteiger partial charge in [0.05, 0.1) is 0 Å². The molecule has 0 fully saturated rings. The van der Waals surface area contributed by atoms with Gasteiger partial charge in [0, 0.05) is 6.21 Å². The third kappa shape index (κ3) is 3.71. The van der Waals surface area contributed by atoms with Crippen LogP contribution in [0.4, 0.5) is 0 Å². The molecule has 1 aromatic carbocycles. The SMILES string of the molecule is C/C=N/OCC(=O)Oc1ccccc1. The Morgan fingerprint density at radius 3 is 2.79 bits per heavy atom. The minimum atomic E-state index is -0.471. The zero-order valence-electron chi connectivity index (χ0n) is 7.84. The molecule has 0 saturated heterocycles. The van der Waals surface area contributed by atoms with Gasteiger partial charge in [-0.1, -0.05) is 23.4 Å². The molecule has 0 N–H and O–H groups in total. The number of benzene rings is 1. The second-order valence-corrected chi connectivity index (χ2v) is 2.42. The molecule has 14 heavy (non-hydrogen) atoms. The summed E-state index contributed by atoms with van der Waals surface area (Å²) in [6.45, 7) is 1.52. The van der Waals surface area contributed by atoms with Gasteiger partial charge in [0.1, 0.15) is 5.75 Å². The van der Waals surface area contributed by atoms with Crippen molar-refractivity contribution in [1.82, 2.24) is 0 Å². The van der Waals surface area contributed by atoms with Crippen LogP contribution in [0.15, 0.2) is 35.5 Å². The topological polar surface area (TPSA) is 47.9 Å². The number of carbonyl (C=O) groups excluding carboxylic acids is 1. The van der Waals surface area contributed by atoms with Crippen molar-refractivity contribution in [3.05, 3.63) is 30.3 Å². The van der Waals surface area contributed by atoms with Crippen molar-refractivity contribution in [1.29, 1.82) is 0 Å². The maximum Gasteiger partial charge on any atom is 0.352 e. The number of oxime groups is 1. The van der Waals surface area contributed by atoms with Crippen LogP contribution in [0.25, 0.3) is 0 Å². The lowest BCUT2D eigenvalue weighted by molar-refractivity contribution is -0.139. The van der Waals surface area contributed by atoms with Gasteiger partial charge in [-0.2, -0.15) is 0 Å². The van der Waals surface area contributed by atoms with E-state index in [0.29, 0.717) is 5.75 Å². The van der Waals surface area contributed by atoms with E-state index < -0.39 is 5.97 Å². The zero-order valence-corrected chi connectivity index (χ0v) is 7.84. The summed E-state index contributed by atoms with van der Waals surface area (Å²) in [5, 5.41) is 3.43. The van der Waals surface area contributed by atoms with Crippen molar-refractivity contribution in [2.24, 2.45) is 5.16 Å². The summed E-state index contributed by atoms with van der Waals surface area (Å²) in [6, 6.07) is 8.80. The number of ether oxygens (including phenoxy) is 1. The quantitative estimate of drug-likeness (QED) is 0.316. The second-order valence-electron chi connectivity index (χ2n) is 2.42. The summed E-state index contributed by atoms with van der Waals surface area (Å²) < 4.78 is 4.92. The molecule has 0 spiro atoms. The normalized spacial score (nSPS) is 10.1. The summed E-state index contributed by atoms with van der Waals surface area (Å²) in [5.41, 5.74) is 0. The fourth-order valence-corrected chi connectivity index (χ4v) is 0.814. The van der Waals surface area contributed by atoms with Crippen LogP contribution in [0.5, 0.6) is 5.75 Å². The van der Waals surface area contributed by atoms with Crippen LogP contribution in [0.2, 0.25) is 0 Å². The molecule has 0 aromatic heterocycles. The number of rotatable bonds is 4. The Labute approximate surface area is 82.1 Å². The summed E-state index contributed by atoms with van der Waals surface area (Å²) in [4.78, 5) is 15.7. The first-order chi connectivity index (χ1) is 6.83. The molecule has 0 heterocycles. The summed E-state index contributed by atoms with van der Waals surface area (Å²) in [6.07, 6.45) is 1.45. The molecular weight excluding hydrogens is 182 g/mol. The number of hydrogen-bond acceptors (Lipinski definition) is 4. The predicted octanol–water partition coefficient (Wildman–Crippen LogP) is 1.61. The highest BCUT2D eigenvalue weighted by Gasteiger charge is 2.03. The lowest BCUT2D eigenvalue weighted by Crippen LogP contribution is -2.13. The van der Waals surface area contributed by atoms with Gasteiger partial charge in [-0.15, -0.1) is 0 Å². The van der Waals surface area contributed by atoms with E-state index in [1.807, 2.05) is 6.07 Å². The van der Waals surface area contributed by atoms with Crippen molar-refractivity contribution in [2.75, 3.05) is 6.61 Å². The predicted molar refractivity (Wildman–Crippen MR) is 52.2 cm³/mol. The van der Waals surface area contributed by atoms with Crippen LogP contribution >= 0.6 is 0 Å². The Bertz CT molecular complexity index is 308. The molecule has 74 valence electrons. The summed E-state index contributed by atoms with van der Waals surface area (Å²) in [7, 11) is 0. The molecule has 0 aliphatic heterocycles. The van der Waals surface area contributed by atoms with Gasteiger partial charge in [0.25, 0.3) is 0 Å². The molecule has 0 bridgehead atoms. The van der Waals surface area contributed by atoms with Gasteiger partial charge < -0.3 is 9.57 Å². The largest absolute Gasteiger partial charge is 0.424 e. The summed E-state index contributed by atoms with van der Waals surface area (Å²) >= 11 is 0. The van der Waals surface area contributed by atoms with E-state index in [-0.39, 0.29) is 6.61 Å². The molecule has 0 radical (unpaired) electrons. The minimum Gasteiger partial charge on any atom is -0.424 e. The fourth-order valence-electron chi connectivity index (χ4n) is 0.814. The van der Waals surface area contributed by atoms with Crippen LogP contribution in [-0.4, -0.2) is 18.8 Å². The monoisotopic (exact) mass is 193 g/mol. The molecular formula is C10H11NO3. The van der Waals surface area contributed by atoms with Crippen LogP contribution in [0, 0.1) is 0 Å².